The molecule has 1 unspecified atom stereocenters. The zero-order valence-electron chi connectivity index (χ0n) is 8.62. The molecule has 1 aromatic rings. The second kappa shape index (κ2) is 5.62. The first-order valence-electron chi connectivity index (χ1n) is 4.91. The number of aryl methyl sites for hydroxylation is 1. The van der Waals surface area contributed by atoms with Crippen molar-refractivity contribution in [1.29, 1.82) is 0 Å². The average molecular weight is 194 g/mol. The minimum absolute atomic E-state index is 0.114. The summed E-state index contributed by atoms with van der Waals surface area (Å²) in [7, 11) is 0. The van der Waals surface area contributed by atoms with Crippen molar-refractivity contribution in [3.8, 4) is 0 Å². The fraction of sp³-hybridized carbons (Fsp3) is 0.455. The first kappa shape index (κ1) is 11.0. The van der Waals surface area contributed by atoms with E-state index in [1.54, 1.807) is 0 Å². The molecule has 1 rings (SSSR count). The third-order valence-electron chi connectivity index (χ3n) is 2.21. The van der Waals surface area contributed by atoms with Gasteiger partial charge in [-0.1, -0.05) is 6.08 Å². The maximum atomic E-state index is 5.50. The van der Waals surface area contributed by atoms with E-state index in [2.05, 4.69) is 12.0 Å². The molecule has 78 valence electrons. The Bertz CT molecular complexity index is 281. The van der Waals surface area contributed by atoms with Gasteiger partial charge in [0, 0.05) is 0 Å². The summed E-state index contributed by atoms with van der Waals surface area (Å²) in [6.45, 7) is 5.62. The van der Waals surface area contributed by atoms with Crippen molar-refractivity contribution in [2.24, 2.45) is 5.84 Å². The van der Waals surface area contributed by atoms with Crippen LogP contribution in [-0.4, -0.2) is 0 Å². The second-order valence-corrected chi connectivity index (χ2v) is 3.39. The zero-order valence-corrected chi connectivity index (χ0v) is 8.62. The Labute approximate surface area is 85.0 Å². The molecule has 1 aromatic heterocycles. The maximum Gasteiger partial charge on any atom is 0.122 e. The molecule has 0 aliphatic carbocycles. The number of rotatable bonds is 6. The van der Waals surface area contributed by atoms with Crippen molar-refractivity contribution in [1.82, 2.24) is 5.43 Å². The Hall–Kier alpha value is -1.06. The van der Waals surface area contributed by atoms with E-state index in [1.807, 2.05) is 25.1 Å². The number of hydrogen-bond donors (Lipinski definition) is 2. The van der Waals surface area contributed by atoms with Gasteiger partial charge in [-0.25, -0.2) is 5.43 Å². The molecule has 0 saturated carbocycles. The first-order chi connectivity index (χ1) is 6.77. The summed E-state index contributed by atoms with van der Waals surface area (Å²) in [5.41, 5.74) is 2.76. The summed E-state index contributed by atoms with van der Waals surface area (Å²) in [5.74, 6) is 7.29. The van der Waals surface area contributed by atoms with Crippen molar-refractivity contribution in [2.75, 3.05) is 0 Å². The van der Waals surface area contributed by atoms with E-state index in [4.69, 9.17) is 10.3 Å². The van der Waals surface area contributed by atoms with Gasteiger partial charge < -0.3 is 4.42 Å². The highest BCUT2D eigenvalue weighted by molar-refractivity contribution is 5.09. The molecule has 3 heteroatoms. The highest BCUT2D eigenvalue weighted by atomic mass is 16.3. The van der Waals surface area contributed by atoms with Crippen molar-refractivity contribution in [2.45, 2.75) is 32.2 Å². The Balaban J connectivity index is 2.49. The Morgan fingerprint density at radius 1 is 1.64 bits per heavy atom. The van der Waals surface area contributed by atoms with E-state index in [0.29, 0.717) is 0 Å². The Kier molecular flexibility index (Phi) is 4.43. The predicted molar refractivity (Wildman–Crippen MR) is 57.6 cm³/mol. The summed E-state index contributed by atoms with van der Waals surface area (Å²) in [4.78, 5) is 0. The van der Waals surface area contributed by atoms with Gasteiger partial charge in [0.05, 0.1) is 6.04 Å². The van der Waals surface area contributed by atoms with Gasteiger partial charge in [-0.05, 0) is 38.3 Å². The fourth-order valence-corrected chi connectivity index (χ4v) is 1.41. The molecule has 0 aliphatic heterocycles. The SMILES string of the molecule is C=CCCCC(NN)c1ccc(C)o1. The summed E-state index contributed by atoms with van der Waals surface area (Å²) in [6, 6.07) is 4.03. The van der Waals surface area contributed by atoms with E-state index in [-0.39, 0.29) is 6.04 Å². The summed E-state index contributed by atoms with van der Waals surface area (Å²) < 4.78 is 5.50. The topological polar surface area (TPSA) is 51.2 Å². The molecular weight excluding hydrogens is 176 g/mol. The standard InChI is InChI=1S/C11H18N2O/c1-3-4-5-6-10(13-12)11-8-7-9(2)14-11/h3,7-8,10,13H,1,4-6,12H2,2H3. The van der Waals surface area contributed by atoms with Crippen molar-refractivity contribution in [3.63, 3.8) is 0 Å². The number of unbranched alkanes of at least 4 members (excludes halogenated alkanes) is 1. The lowest BCUT2D eigenvalue weighted by atomic mass is 10.1. The minimum atomic E-state index is 0.114. The lowest BCUT2D eigenvalue weighted by molar-refractivity contribution is 0.384. The molecule has 0 bridgehead atoms. The van der Waals surface area contributed by atoms with Gasteiger partial charge in [0.1, 0.15) is 11.5 Å². The van der Waals surface area contributed by atoms with Gasteiger partial charge in [0.2, 0.25) is 0 Å². The number of allylic oxidation sites excluding steroid dienone is 1. The summed E-state index contributed by atoms with van der Waals surface area (Å²) in [6.07, 6.45) is 4.96. The highest BCUT2D eigenvalue weighted by Gasteiger charge is 2.12. The molecule has 3 N–H and O–H groups in total. The van der Waals surface area contributed by atoms with E-state index < -0.39 is 0 Å². The molecule has 0 aromatic carbocycles. The van der Waals surface area contributed by atoms with Crippen molar-refractivity contribution >= 4 is 0 Å². The number of nitrogens with one attached hydrogen (secondary N) is 1. The van der Waals surface area contributed by atoms with Crippen LogP contribution >= 0.6 is 0 Å². The second-order valence-electron chi connectivity index (χ2n) is 3.39. The monoisotopic (exact) mass is 194 g/mol. The van der Waals surface area contributed by atoms with Gasteiger partial charge in [0.15, 0.2) is 0 Å². The van der Waals surface area contributed by atoms with E-state index in [9.17, 15) is 0 Å². The van der Waals surface area contributed by atoms with Crippen LogP contribution in [0.2, 0.25) is 0 Å². The number of furan rings is 1. The van der Waals surface area contributed by atoms with Crippen LogP contribution in [0.3, 0.4) is 0 Å². The minimum Gasteiger partial charge on any atom is -0.465 e. The third-order valence-corrected chi connectivity index (χ3v) is 2.21. The molecule has 0 saturated heterocycles. The quantitative estimate of drug-likeness (QED) is 0.316. The van der Waals surface area contributed by atoms with Crippen LogP contribution in [0, 0.1) is 6.92 Å². The molecule has 0 fully saturated rings. The number of hydrogen-bond acceptors (Lipinski definition) is 3. The van der Waals surface area contributed by atoms with Crippen LogP contribution in [0.4, 0.5) is 0 Å². The van der Waals surface area contributed by atoms with Crippen molar-refractivity contribution < 1.29 is 4.42 Å². The molecule has 14 heavy (non-hydrogen) atoms. The number of nitrogens with two attached hydrogens (primary N) is 1. The highest BCUT2D eigenvalue weighted by Crippen LogP contribution is 2.20. The molecule has 0 amide bonds. The molecule has 0 radical (unpaired) electrons. The van der Waals surface area contributed by atoms with E-state index in [0.717, 1.165) is 30.8 Å². The van der Waals surface area contributed by atoms with Crippen LogP contribution in [0.1, 0.15) is 36.8 Å². The Morgan fingerprint density at radius 3 is 2.93 bits per heavy atom. The van der Waals surface area contributed by atoms with Crippen LogP contribution in [0.25, 0.3) is 0 Å². The predicted octanol–water partition coefficient (Wildman–Crippen LogP) is 2.45. The molecule has 1 heterocycles. The number of hydrazine groups is 1. The van der Waals surface area contributed by atoms with Crippen LogP contribution in [0.5, 0.6) is 0 Å². The van der Waals surface area contributed by atoms with Crippen LogP contribution < -0.4 is 11.3 Å². The van der Waals surface area contributed by atoms with Gasteiger partial charge in [-0.3, -0.25) is 5.84 Å². The fourth-order valence-electron chi connectivity index (χ4n) is 1.41. The van der Waals surface area contributed by atoms with Gasteiger partial charge in [-0.2, -0.15) is 0 Å². The van der Waals surface area contributed by atoms with Crippen LogP contribution in [0.15, 0.2) is 29.2 Å². The smallest absolute Gasteiger partial charge is 0.122 e. The lowest BCUT2D eigenvalue weighted by Crippen LogP contribution is -2.27. The molecule has 3 nitrogen and oxygen atoms in total. The van der Waals surface area contributed by atoms with Crippen molar-refractivity contribution in [3.05, 3.63) is 36.3 Å². The van der Waals surface area contributed by atoms with Crippen LogP contribution in [-0.2, 0) is 0 Å². The van der Waals surface area contributed by atoms with Gasteiger partial charge in [0.25, 0.3) is 0 Å². The normalized spacial score (nSPS) is 12.7. The maximum absolute atomic E-state index is 5.50. The molecule has 0 aliphatic rings. The van der Waals surface area contributed by atoms with E-state index >= 15 is 0 Å². The third kappa shape index (κ3) is 3.01. The molecular formula is C11H18N2O. The first-order valence-corrected chi connectivity index (χ1v) is 4.91. The largest absolute Gasteiger partial charge is 0.465 e. The summed E-state index contributed by atoms with van der Waals surface area (Å²) >= 11 is 0. The Morgan fingerprint density at radius 2 is 2.43 bits per heavy atom. The lowest BCUT2D eigenvalue weighted by Gasteiger charge is -2.12. The van der Waals surface area contributed by atoms with E-state index in [1.165, 1.54) is 0 Å². The zero-order chi connectivity index (χ0) is 10.4. The molecule has 1 atom stereocenters. The molecule has 0 spiro atoms. The van der Waals surface area contributed by atoms with Gasteiger partial charge in [-0.15, -0.1) is 6.58 Å². The van der Waals surface area contributed by atoms with Gasteiger partial charge >= 0.3 is 0 Å². The average Bonchev–Trinajstić information content (AvgIpc) is 2.60. The summed E-state index contributed by atoms with van der Waals surface area (Å²) in [5, 5.41) is 0.